The molecule has 7 heteroatoms. The third-order valence-electron chi connectivity index (χ3n) is 5.79. The standard InChI is InChI=1S/C22H28N4O3/c1-14-23-18(22(27)25-17-6-4-5-7-17)12-21(24-14)26-9-8-15-10-19(28-2)20(29-3)11-16(15)13-26/h10-12,17H,4-9,13H2,1-3H3,(H,25,27). The predicted octanol–water partition coefficient (Wildman–Crippen LogP) is 3.04. The molecule has 1 N–H and O–H groups in total. The van der Waals surface area contributed by atoms with E-state index in [4.69, 9.17) is 9.47 Å². The van der Waals surface area contributed by atoms with Gasteiger partial charge in [-0.05, 0) is 49.4 Å². The fourth-order valence-corrected chi connectivity index (χ4v) is 4.24. The van der Waals surface area contributed by atoms with E-state index in [1.807, 2.05) is 19.1 Å². The Kier molecular flexibility index (Phi) is 5.56. The van der Waals surface area contributed by atoms with Gasteiger partial charge in [0.25, 0.3) is 5.91 Å². The van der Waals surface area contributed by atoms with Crippen molar-refractivity contribution in [2.45, 2.75) is 51.6 Å². The fraction of sp³-hybridized carbons (Fsp3) is 0.500. The summed E-state index contributed by atoms with van der Waals surface area (Å²) in [5.41, 5.74) is 2.88. The van der Waals surface area contributed by atoms with Gasteiger partial charge in [-0.3, -0.25) is 4.79 Å². The number of rotatable bonds is 5. The number of carbonyl (C=O) groups is 1. The molecule has 1 aromatic carbocycles. The molecule has 2 aliphatic rings. The predicted molar refractivity (Wildman–Crippen MR) is 111 cm³/mol. The first kappa shape index (κ1) is 19.5. The number of hydrogen-bond donors (Lipinski definition) is 1. The second-order valence-corrected chi connectivity index (χ2v) is 7.76. The van der Waals surface area contributed by atoms with Gasteiger partial charge >= 0.3 is 0 Å². The molecule has 7 nitrogen and oxygen atoms in total. The molecule has 1 fully saturated rings. The van der Waals surface area contributed by atoms with Crippen molar-refractivity contribution < 1.29 is 14.3 Å². The number of nitrogens with one attached hydrogen (secondary N) is 1. The first-order valence-electron chi connectivity index (χ1n) is 10.2. The van der Waals surface area contributed by atoms with Gasteiger partial charge in [0.15, 0.2) is 11.5 Å². The topological polar surface area (TPSA) is 76.6 Å². The molecule has 0 radical (unpaired) electrons. The summed E-state index contributed by atoms with van der Waals surface area (Å²) in [4.78, 5) is 23.9. The van der Waals surface area contributed by atoms with Crippen molar-refractivity contribution in [2.75, 3.05) is 25.7 Å². The Morgan fingerprint density at radius 1 is 1.07 bits per heavy atom. The fourth-order valence-electron chi connectivity index (χ4n) is 4.24. The largest absolute Gasteiger partial charge is 0.493 e. The van der Waals surface area contributed by atoms with E-state index in [1.54, 1.807) is 14.2 Å². The van der Waals surface area contributed by atoms with Gasteiger partial charge in [-0.25, -0.2) is 9.97 Å². The monoisotopic (exact) mass is 396 g/mol. The minimum Gasteiger partial charge on any atom is -0.493 e. The van der Waals surface area contributed by atoms with Crippen molar-refractivity contribution in [3.05, 3.63) is 40.8 Å². The molecule has 1 amide bonds. The van der Waals surface area contributed by atoms with Crippen LogP contribution in [0.2, 0.25) is 0 Å². The Labute approximate surface area is 171 Å². The van der Waals surface area contributed by atoms with Gasteiger partial charge in [0.1, 0.15) is 17.3 Å². The Bertz CT molecular complexity index is 909. The van der Waals surface area contributed by atoms with Crippen molar-refractivity contribution in [2.24, 2.45) is 0 Å². The molecule has 1 aromatic heterocycles. The smallest absolute Gasteiger partial charge is 0.270 e. The van der Waals surface area contributed by atoms with Crippen LogP contribution in [0.5, 0.6) is 11.5 Å². The molecule has 0 saturated heterocycles. The number of fused-ring (bicyclic) bond motifs is 1. The Hall–Kier alpha value is -2.83. The van der Waals surface area contributed by atoms with Crippen molar-refractivity contribution in [1.29, 1.82) is 0 Å². The molecule has 1 aliphatic heterocycles. The summed E-state index contributed by atoms with van der Waals surface area (Å²) in [5.74, 6) is 2.77. The summed E-state index contributed by atoms with van der Waals surface area (Å²) < 4.78 is 10.9. The van der Waals surface area contributed by atoms with E-state index in [-0.39, 0.29) is 11.9 Å². The molecular weight excluding hydrogens is 368 g/mol. The molecule has 1 aliphatic carbocycles. The van der Waals surface area contributed by atoms with Crippen LogP contribution in [0, 0.1) is 6.92 Å². The highest BCUT2D eigenvalue weighted by molar-refractivity contribution is 5.93. The van der Waals surface area contributed by atoms with Crippen molar-refractivity contribution in [1.82, 2.24) is 15.3 Å². The number of aromatic nitrogens is 2. The van der Waals surface area contributed by atoms with Crippen LogP contribution in [-0.2, 0) is 13.0 Å². The average molecular weight is 396 g/mol. The maximum atomic E-state index is 12.7. The lowest BCUT2D eigenvalue weighted by molar-refractivity contribution is 0.0932. The molecule has 0 bridgehead atoms. The van der Waals surface area contributed by atoms with Crippen LogP contribution in [0.25, 0.3) is 0 Å². The number of anilines is 1. The lowest BCUT2D eigenvalue weighted by Gasteiger charge is -2.30. The van der Waals surface area contributed by atoms with Gasteiger partial charge in [-0.2, -0.15) is 0 Å². The van der Waals surface area contributed by atoms with Crippen LogP contribution in [0.1, 0.15) is 53.1 Å². The molecule has 0 unspecified atom stereocenters. The highest BCUT2D eigenvalue weighted by atomic mass is 16.5. The number of carbonyl (C=O) groups excluding carboxylic acids is 1. The quantitative estimate of drug-likeness (QED) is 0.837. The Morgan fingerprint density at radius 3 is 2.45 bits per heavy atom. The summed E-state index contributed by atoms with van der Waals surface area (Å²) >= 11 is 0. The van der Waals surface area contributed by atoms with E-state index in [0.717, 1.165) is 43.1 Å². The number of amides is 1. The Balaban J connectivity index is 1.56. The third kappa shape index (κ3) is 4.13. The maximum absolute atomic E-state index is 12.7. The summed E-state index contributed by atoms with van der Waals surface area (Å²) in [6.07, 6.45) is 5.34. The first-order valence-corrected chi connectivity index (χ1v) is 10.2. The molecule has 4 rings (SSSR count). The van der Waals surface area contributed by atoms with Gasteiger partial charge < -0.3 is 19.7 Å². The highest BCUT2D eigenvalue weighted by Gasteiger charge is 2.23. The van der Waals surface area contributed by atoms with E-state index in [9.17, 15) is 4.79 Å². The molecule has 2 heterocycles. The zero-order valence-corrected chi connectivity index (χ0v) is 17.3. The number of hydrogen-bond acceptors (Lipinski definition) is 6. The van der Waals surface area contributed by atoms with E-state index in [0.29, 0.717) is 18.1 Å². The van der Waals surface area contributed by atoms with Gasteiger partial charge in [-0.1, -0.05) is 12.8 Å². The van der Waals surface area contributed by atoms with Crippen LogP contribution in [0.4, 0.5) is 5.82 Å². The van der Waals surface area contributed by atoms with Crippen LogP contribution in [-0.4, -0.2) is 42.7 Å². The minimum atomic E-state index is -0.104. The second-order valence-electron chi connectivity index (χ2n) is 7.76. The number of ether oxygens (including phenoxy) is 2. The van der Waals surface area contributed by atoms with Gasteiger partial charge in [0.05, 0.1) is 14.2 Å². The van der Waals surface area contributed by atoms with Crippen LogP contribution >= 0.6 is 0 Å². The molecule has 154 valence electrons. The Morgan fingerprint density at radius 2 is 1.76 bits per heavy atom. The summed E-state index contributed by atoms with van der Waals surface area (Å²) in [6.45, 7) is 3.36. The summed E-state index contributed by atoms with van der Waals surface area (Å²) in [6, 6.07) is 6.16. The molecule has 0 atom stereocenters. The van der Waals surface area contributed by atoms with Gasteiger partial charge in [-0.15, -0.1) is 0 Å². The molecule has 0 spiro atoms. The summed E-state index contributed by atoms with van der Waals surface area (Å²) in [7, 11) is 3.30. The first-order chi connectivity index (χ1) is 14.1. The van der Waals surface area contributed by atoms with Gasteiger partial charge in [0.2, 0.25) is 0 Å². The molecule has 2 aromatic rings. The maximum Gasteiger partial charge on any atom is 0.270 e. The number of benzene rings is 1. The van der Waals surface area contributed by atoms with E-state index >= 15 is 0 Å². The average Bonchev–Trinajstić information content (AvgIpc) is 3.24. The normalized spacial score (nSPS) is 16.4. The zero-order chi connectivity index (χ0) is 20.4. The van der Waals surface area contributed by atoms with Crippen molar-refractivity contribution >= 4 is 11.7 Å². The third-order valence-corrected chi connectivity index (χ3v) is 5.79. The van der Waals surface area contributed by atoms with Crippen LogP contribution in [0.3, 0.4) is 0 Å². The number of methoxy groups -OCH3 is 2. The minimum absolute atomic E-state index is 0.104. The zero-order valence-electron chi connectivity index (χ0n) is 17.3. The van der Waals surface area contributed by atoms with E-state index in [2.05, 4.69) is 26.3 Å². The van der Waals surface area contributed by atoms with Crippen LogP contribution < -0.4 is 19.7 Å². The van der Waals surface area contributed by atoms with E-state index < -0.39 is 0 Å². The second kappa shape index (κ2) is 8.27. The lowest BCUT2D eigenvalue weighted by Crippen LogP contribution is -2.34. The number of nitrogens with zero attached hydrogens (tertiary/aromatic N) is 3. The number of aryl methyl sites for hydroxylation is 1. The molecular formula is C22H28N4O3. The van der Waals surface area contributed by atoms with E-state index in [1.165, 1.54) is 24.0 Å². The summed E-state index contributed by atoms with van der Waals surface area (Å²) in [5, 5.41) is 3.12. The SMILES string of the molecule is COc1cc2c(cc1OC)CN(c1cc(C(=O)NC3CCCC3)nc(C)n1)CC2. The molecule has 29 heavy (non-hydrogen) atoms. The molecule has 1 saturated carbocycles. The van der Waals surface area contributed by atoms with Crippen molar-refractivity contribution in [3.63, 3.8) is 0 Å². The van der Waals surface area contributed by atoms with Crippen molar-refractivity contribution in [3.8, 4) is 11.5 Å². The van der Waals surface area contributed by atoms with Crippen LogP contribution in [0.15, 0.2) is 18.2 Å². The highest BCUT2D eigenvalue weighted by Crippen LogP contribution is 2.34. The lowest BCUT2D eigenvalue weighted by atomic mass is 9.98. The van der Waals surface area contributed by atoms with Gasteiger partial charge in [0, 0.05) is 25.2 Å².